The van der Waals surface area contributed by atoms with E-state index in [4.69, 9.17) is 11.6 Å². The Bertz CT molecular complexity index is 771. The number of nitrogens with zero attached hydrogens (tertiary/aromatic N) is 4. The molecule has 3 aromatic rings. The number of hydrogen-bond donors (Lipinski definition) is 0. The van der Waals surface area contributed by atoms with E-state index in [-0.39, 0.29) is 0 Å². The van der Waals surface area contributed by atoms with Gasteiger partial charge in [0.2, 0.25) is 0 Å². The largest absolute Gasteiger partial charge is 0.340 e. The summed E-state index contributed by atoms with van der Waals surface area (Å²) < 4.78 is 4.48. The molecule has 0 saturated heterocycles. The van der Waals surface area contributed by atoms with Crippen LogP contribution in [0.5, 0.6) is 0 Å². The molecule has 0 atom stereocenters. The van der Waals surface area contributed by atoms with Crippen LogP contribution in [-0.4, -0.2) is 19.3 Å². The van der Waals surface area contributed by atoms with Crippen LogP contribution >= 0.6 is 11.6 Å². The SMILES string of the molecule is Clc1ccc2c(ccn2Cc2nnc3n2CCCC3)c1. The molecule has 1 aromatic carbocycles. The third kappa shape index (κ3) is 1.91. The summed E-state index contributed by atoms with van der Waals surface area (Å²) in [5.74, 6) is 2.18. The molecule has 0 bridgehead atoms. The molecule has 0 unspecified atom stereocenters. The smallest absolute Gasteiger partial charge is 0.153 e. The first-order chi connectivity index (χ1) is 9.81. The van der Waals surface area contributed by atoms with Gasteiger partial charge in [0.1, 0.15) is 5.82 Å². The van der Waals surface area contributed by atoms with E-state index in [2.05, 4.69) is 37.7 Å². The van der Waals surface area contributed by atoms with Gasteiger partial charge in [0.15, 0.2) is 5.82 Å². The molecular formula is C15H15ClN4. The molecule has 0 spiro atoms. The van der Waals surface area contributed by atoms with Gasteiger partial charge in [-0.2, -0.15) is 0 Å². The fourth-order valence-corrected chi connectivity index (χ4v) is 3.13. The van der Waals surface area contributed by atoms with Crippen LogP contribution in [0.25, 0.3) is 10.9 Å². The summed E-state index contributed by atoms with van der Waals surface area (Å²) in [6.45, 7) is 1.81. The van der Waals surface area contributed by atoms with Gasteiger partial charge in [-0.15, -0.1) is 10.2 Å². The average Bonchev–Trinajstić information content (AvgIpc) is 3.04. The van der Waals surface area contributed by atoms with Gasteiger partial charge in [0, 0.05) is 35.1 Å². The molecule has 1 aliphatic heterocycles. The van der Waals surface area contributed by atoms with Crippen LogP contribution < -0.4 is 0 Å². The predicted molar refractivity (Wildman–Crippen MR) is 79.0 cm³/mol. The van der Waals surface area contributed by atoms with Crippen molar-refractivity contribution in [3.63, 3.8) is 0 Å². The maximum absolute atomic E-state index is 6.03. The number of fused-ring (bicyclic) bond motifs is 2. The Kier molecular flexibility index (Phi) is 2.77. The van der Waals surface area contributed by atoms with E-state index in [0.29, 0.717) is 0 Å². The number of benzene rings is 1. The van der Waals surface area contributed by atoms with Crippen molar-refractivity contribution in [2.24, 2.45) is 0 Å². The molecule has 4 nitrogen and oxygen atoms in total. The van der Waals surface area contributed by atoms with E-state index in [9.17, 15) is 0 Å². The summed E-state index contributed by atoms with van der Waals surface area (Å²) >= 11 is 6.03. The van der Waals surface area contributed by atoms with Gasteiger partial charge < -0.3 is 9.13 Å². The van der Waals surface area contributed by atoms with Crippen LogP contribution in [0.15, 0.2) is 30.5 Å². The molecule has 20 heavy (non-hydrogen) atoms. The number of hydrogen-bond acceptors (Lipinski definition) is 2. The van der Waals surface area contributed by atoms with Crippen molar-refractivity contribution in [1.29, 1.82) is 0 Å². The molecule has 0 fully saturated rings. The van der Waals surface area contributed by atoms with E-state index < -0.39 is 0 Å². The monoisotopic (exact) mass is 286 g/mol. The van der Waals surface area contributed by atoms with Gasteiger partial charge in [-0.1, -0.05) is 11.6 Å². The minimum atomic E-state index is 0.762. The topological polar surface area (TPSA) is 35.6 Å². The number of aryl methyl sites for hydroxylation is 1. The molecule has 3 heterocycles. The Morgan fingerprint density at radius 2 is 2.10 bits per heavy atom. The zero-order valence-electron chi connectivity index (χ0n) is 11.1. The first kappa shape index (κ1) is 12.0. The predicted octanol–water partition coefficient (Wildman–Crippen LogP) is 3.27. The van der Waals surface area contributed by atoms with Crippen molar-refractivity contribution in [2.45, 2.75) is 32.4 Å². The van der Waals surface area contributed by atoms with Gasteiger partial charge in [-0.3, -0.25) is 0 Å². The van der Waals surface area contributed by atoms with Crippen molar-refractivity contribution >= 4 is 22.5 Å². The van der Waals surface area contributed by atoms with Gasteiger partial charge in [0.25, 0.3) is 0 Å². The number of rotatable bonds is 2. The third-order valence-corrected chi connectivity index (χ3v) is 4.22. The maximum Gasteiger partial charge on any atom is 0.153 e. The number of aromatic nitrogens is 4. The first-order valence-corrected chi connectivity index (χ1v) is 7.34. The molecule has 1 aliphatic rings. The van der Waals surface area contributed by atoms with E-state index in [1.807, 2.05) is 12.1 Å². The van der Waals surface area contributed by atoms with Crippen LogP contribution in [0.4, 0.5) is 0 Å². The summed E-state index contributed by atoms with van der Waals surface area (Å²) in [4.78, 5) is 0. The lowest BCUT2D eigenvalue weighted by molar-refractivity contribution is 0.503. The molecule has 0 radical (unpaired) electrons. The fraction of sp³-hybridized carbons (Fsp3) is 0.333. The lowest BCUT2D eigenvalue weighted by Crippen LogP contribution is -2.14. The highest BCUT2D eigenvalue weighted by Gasteiger charge is 2.16. The van der Waals surface area contributed by atoms with Crippen molar-refractivity contribution in [2.75, 3.05) is 0 Å². The van der Waals surface area contributed by atoms with E-state index in [1.54, 1.807) is 0 Å². The molecule has 0 amide bonds. The first-order valence-electron chi connectivity index (χ1n) is 6.96. The minimum absolute atomic E-state index is 0.762. The van der Waals surface area contributed by atoms with Crippen molar-refractivity contribution in [1.82, 2.24) is 19.3 Å². The second-order valence-corrected chi connectivity index (χ2v) is 5.72. The van der Waals surface area contributed by atoms with Crippen LogP contribution in [0.1, 0.15) is 24.5 Å². The molecule has 5 heteroatoms. The number of halogens is 1. The van der Waals surface area contributed by atoms with E-state index in [0.717, 1.165) is 41.6 Å². The van der Waals surface area contributed by atoms with Crippen LogP contribution in [0.2, 0.25) is 5.02 Å². The highest BCUT2D eigenvalue weighted by molar-refractivity contribution is 6.31. The van der Waals surface area contributed by atoms with Crippen LogP contribution in [0.3, 0.4) is 0 Å². The Balaban J connectivity index is 1.72. The van der Waals surface area contributed by atoms with Crippen molar-refractivity contribution < 1.29 is 0 Å². The minimum Gasteiger partial charge on any atom is -0.340 e. The summed E-state index contributed by atoms with van der Waals surface area (Å²) in [5.41, 5.74) is 1.18. The van der Waals surface area contributed by atoms with Crippen molar-refractivity contribution in [3.05, 3.63) is 47.1 Å². The molecule has 2 aromatic heterocycles. The lowest BCUT2D eigenvalue weighted by atomic mass is 10.2. The Morgan fingerprint density at radius 1 is 1.15 bits per heavy atom. The van der Waals surface area contributed by atoms with Gasteiger partial charge in [-0.25, -0.2) is 0 Å². The normalized spacial score (nSPS) is 14.7. The second-order valence-electron chi connectivity index (χ2n) is 5.29. The summed E-state index contributed by atoms with van der Waals surface area (Å²) in [7, 11) is 0. The van der Waals surface area contributed by atoms with Crippen LogP contribution in [-0.2, 0) is 19.5 Å². The average molecular weight is 287 g/mol. The molecule has 102 valence electrons. The second kappa shape index (κ2) is 4.63. The standard InChI is InChI=1S/C15H15ClN4/c16-12-4-5-13-11(9-12)6-8-19(13)10-15-18-17-14-3-1-2-7-20(14)15/h4-6,8-9H,1-3,7,10H2. The van der Waals surface area contributed by atoms with Gasteiger partial charge in [0.05, 0.1) is 6.54 Å². The Labute approximate surface area is 122 Å². The Hall–Kier alpha value is -1.81. The fourth-order valence-electron chi connectivity index (χ4n) is 2.95. The van der Waals surface area contributed by atoms with E-state index in [1.165, 1.54) is 18.4 Å². The Morgan fingerprint density at radius 3 is 3.05 bits per heavy atom. The highest BCUT2D eigenvalue weighted by atomic mass is 35.5. The zero-order valence-corrected chi connectivity index (χ0v) is 11.8. The van der Waals surface area contributed by atoms with E-state index >= 15 is 0 Å². The molecule has 0 aliphatic carbocycles. The summed E-state index contributed by atoms with van der Waals surface area (Å²) in [6.07, 6.45) is 5.59. The van der Waals surface area contributed by atoms with Crippen LogP contribution in [0, 0.1) is 0 Å². The molecular weight excluding hydrogens is 272 g/mol. The van der Waals surface area contributed by atoms with Crippen molar-refractivity contribution in [3.8, 4) is 0 Å². The van der Waals surface area contributed by atoms with Gasteiger partial charge >= 0.3 is 0 Å². The quantitative estimate of drug-likeness (QED) is 0.725. The molecule has 0 N–H and O–H groups in total. The highest BCUT2D eigenvalue weighted by Crippen LogP contribution is 2.22. The molecule has 4 rings (SSSR count). The maximum atomic E-state index is 6.03. The lowest BCUT2D eigenvalue weighted by Gasteiger charge is -2.15. The van der Waals surface area contributed by atoms with Gasteiger partial charge in [-0.05, 0) is 37.1 Å². The molecule has 0 saturated carbocycles. The zero-order chi connectivity index (χ0) is 13.5. The summed E-state index contributed by atoms with van der Waals surface area (Å²) in [6, 6.07) is 8.08. The summed E-state index contributed by atoms with van der Waals surface area (Å²) in [5, 5.41) is 10.6. The third-order valence-electron chi connectivity index (χ3n) is 3.98.